The van der Waals surface area contributed by atoms with Crippen molar-refractivity contribution in [3.63, 3.8) is 0 Å². The summed E-state index contributed by atoms with van der Waals surface area (Å²) in [5, 5.41) is 7.51. The van der Waals surface area contributed by atoms with Crippen LogP contribution in [-0.4, -0.2) is 57.5 Å². The monoisotopic (exact) mass is 349 g/mol. The van der Waals surface area contributed by atoms with Gasteiger partial charge in [0.1, 0.15) is 12.7 Å². The van der Waals surface area contributed by atoms with Crippen LogP contribution in [0.5, 0.6) is 0 Å². The standard InChI is InChI=1S/C18H31N5O2/c1-4-18(5-2)15(11-16(18)25-6-3)21-17(24)22-9-7-14(8-10-22)23-13-19-12-20-23/h12-16H,4-11H2,1-3H3,(H,21,24). The largest absolute Gasteiger partial charge is 0.378 e. The molecule has 7 nitrogen and oxygen atoms in total. The fourth-order valence-electron chi connectivity index (χ4n) is 4.56. The Labute approximate surface area is 150 Å². The lowest BCUT2D eigenvalue weighted by molar-refractivity contribution is -0.134. The van der Waals surface area contributed by atoms with Crippen molar-refractivity contribution in [1.82, 2.24) is 25.0 Å². The van der Waals surface area contributed by atoms with Crippen LogP contribution in [0.25, 0.3) is 0 Å². The van der Waals surface area contributed by atoms with Crippen LogP contribution in [0.15, 0.2) is 12.7 Å². The molecule has 1 N–H and O–H groups in total. The number of likely N-dealkylation sites (tertiary alicyclic amines) is 1. The average Bonchev–Trinajstić information content (AvgIpc) is 3.16. The Morgan fingerprint density at radius 1 is 1.28 bits per heavy atom. The highest BCUT2D eigenvalue weighted by Gasteiger charge is 2.54. The third kappa shape index (κ3) is 3.38. The van der Waals surface area contributed by atoms with E-state index in [-0.39, 0.29) is 23.6 Å². The fraction of sp³-hybridized carbons (Fsp3) is 0.833. The Hall–Kier alpha value is -1.63. The Kier molecular flexibility index (Phi) is 5.61. The third-order valence-electron chi connectivity index (χ3n) is 6.33. The summed E-state index contributed by atoms with van der Waals surface area (Å²) < 4.78 is 7.82. The number of carbonyl (C=O) groups is 1. The molecular weight excluding hydrogens is 318 g/mol. The first-order valence-electron chi connectivity index (χ1n) is 9.65. The van der Waals surface area contributed by atoms with Gasteiger partial charge in [-0.3, -0.25) is 0 Å². The van der Waals surface area contributed by atoms with Crippen LogP contribution in [0.2, 0.25) is 0 Å². The third-order valence-corrected chi connectivity index (χ3v) is 6.33. The zero-order valence-corrected chi connectivity index (χ0v) is 15.6. The van der Waals surface area contributed by atoms with E-state index in [1.54, 1.807) is 12.7 Å². The second kappa shape index (κ2) is 7.72. The summed E-state index contributed by atoms with van der Waals surface area (Å²) in [6.07, 6.45) is 8.46. The number of amides is 2. The zero-order chi connectivity index (χ0) is 17.9. The molecule has 25 heavy (non-hydrogen) atoms. The first kappa shape index (κ1) is 18.2. The lowest BCUT2D eigenvalue weighted by Gasteiger charge is -2.55. The van der Waals surface area contributed by atoms with Gasteiger partial charge in [-0.15, -0.1) is 0 Å². The van der Waals surface area contributed by atoms with E-state index in [0.717, 1.165) is 51.8 Å². The molecule has 2 amide bonds. The summed E-state index contributed by atoms with van der Waals surface area (Å²) in [5.41, 5.74) is 0.0880. The number of carbonyl (C=O) groups excluding carboxylic acids is 1. The highest BCUT2D eigenvalue weighted by molar-refractivity contribution is 5.75. The van der Waals surface area contributed by atoms with Gasteiger partial charge in [-0.2, -0.15) is 5.10 Å². The summed E-state index contributed by atoms with van der Waals surface area (Å²) in [5.74, 6) is 0. The highest BCUT2D eigenvalue weighted by atomic mass is 16.5. The van der Waals surface area contributed by atoms with E-state index in [9.17, 15) is 4.79 Å². The molecule has 2 heterocycles. The minimum absolute atomic E-state index is 0.0725. The maximum atomic E-state index is 12.7. The van der Waals surface area contributed by atoms with Crippen molar-refractivity contribution in [1.29, 1.82) is 0 Å². The van der Waals surface area contributed by atoms with Crippen LogP contribution >= 0.6 is 0 Å². The van der Waals surface area contributed by atoms with Gasteiger partial charge in [-0.1, -0.05) is 13.8 Å². The van der Waals surface area contributed by atoms with Crippen molar-refractivity contribution in [3.05, 3.63) is 12.7 Å². The van der Waals surface area contributed by atoms with E-state index in [1.165, 1.54) is 0 Å². The number of urea groups is 1. The van der Waals surface area contributed by atoms with E-state index in [0.29, 0.717) is 6.04 Å². The second-order valence-corrected chi connectivity index (χ2v) is 7.22. The topological polar surface area (TPSA) is 72.3 Å². The number of nitrogens with one attached hydrogen (secondary N) is 1. The minimum atomic E-state index is 0.0725. The van der Waals surface area contributed by atoms with Crippen LogP contribution in [0, 0.1) is 5.41 Å². The Morgan fingerprint density at radius 2 is 2.00 bits per heavy atom. The van der Waals surface area contributed by atoms with Crippen LogP contribution in [0.4, 0.5) is 4.79 Å². The molecule has 2 aliphatic rings. The smallest absolute Gasteiger partial charge is 0.317 e. The SMILES string of the molecule is CCOC1CC(NC(=O)N2CCC(n3cncn3)CC2)C1(CC)CC. The molecule has 2 unspecified atom stereocenters. The summed E-state index contributed by atoms with van der Waals surface area (Å²) in [7, 11) is 0. The molecule has 1 aliphatic carbocycles. The zero-order valence-electron chi connectivity index (χ0n) is 15.6. The molecule has 1 aliphatic heterocycles. The first-order valence-corrected chi connectivity index (χ1v) is 9.65. The van der Waals surface area contributed by atoms with E-state index in [1.807, 2.05) is 16.5 Å². The van der Waals surface area contributed by atoms with Crippen molar-refractivity contribution in [2.24, 2.45) is 5.41 Å². The number of hydrogen-bond donors (Lipinski definition) is 1. The average molecular weight is 349 g/mol. The van der Waals surface area contributed by atoms with E-state index in [2.05, 4.69) is 29.2 Å². The Balaban J connectivity index is 1.53. The summed E-state index contributed by atoms with van der Waals surface area (Å²) >= 11 is 0. The number of aromatic nitrogens is 3. The number of hydrogen-bond acceptors (Lipinski definition) is 4. The van der Waals surface area contributed by atoms with Crippen molar-refractivity contribution < 1.29 is 9.53 Å². The van der Waals surface area contributed by atoms with Crippen molar-refractivity contribution in [2.75, 3.05) is 19.7 Å². The summed E-state index contributed by atoms with van der Waals surface area (Å²) in [4.78, 5) is 18.7. The summed E-state index contributed by atoms with van der Waals surface area (Å²) in [6, 6.07) is 0.644. The number of piperidine rings is 1. The fourth-order valence-corrected chi connectivity index (χ4v) is 4.56. The van der Waals surface area contributed by atoms with Crippen molar-refractivity contribution in [2.45, 2.75) is 71.1 Å². The Bertz CT molecular complexity index is 550. The van der Waals surface area contributed by atoms with Gasteiger partial charge >= 0.3 is 6.03 Å². The maximum Gasteiger partial charge on any atom is 0.317 e. The Morgan fingerprint density at radius 3 is 2.56 bits per heavy atom. The van der Waals surface area contributed by atoms with Gasteiger partial charge in [-0.05, 0) is 39.0 Å². The molecule has 0 radical (unpaired) electrons. The quantitative estimate of drug-likeness (QED) is 0.857. The van der Waals surface area contributed by atoms with Gasteiger partial charge in [0.2, 0.25) is 0 Å². The van der Waals surface area contributed by atoms with E-state index < -0.39 is 0 Å². The molecule has 0 spiro atoms. The van der Waals surface area contributed by atoms with Gasteiger partial charge in [0.05, 0.1) is 12.1 Å². The summed E-state index contributed by atoms with van der Waals surface area (Å²) in [6.45, 7) is 8.73. The molecule has 1 saturated carbocycles. The van der Waals surface area contributed by atoms with Gasteiger partial charge in [0.15, 0.2) is 0 Å². The number of nitrogens with zero attached hydrogens (tertiary/aromatic N) is 4. The second-order valence-electron chi connectivity index (χ2n) is 7.22. The van der Waals surface area contributed by atoms with Crippen LogP contribution in [0.1, 0.15) is 58.9 Å². The molecule has 0 bridgehead atoms. The van der Waals surface area contributed by atoms with Crippen LogP contribution < -0.4 is 5.32 Å². The molecular formula is C18H31N5O2. The molecule has 7 heteroatoms. The molecule has 1 saturated heterocycles. The highest BCUT2D eigenvalue weighted by Crippen LogP contribution is 2.49. The number of rotatable bonds is 6. The maximum absolute atomic E-state index is 12.7. The molecule has 1 aromatic heterocycles. The molecule has 1 aromatic rings. The van der Waals surface area contributed by atoms with Crippen molar-refractivity contribution in [3.8, 4) is 0 Å². The molecule has 0 aromatic carbocycles. The van der Waals surface area contributed by atoms with Gasteiger partial charge < -0.3 is 15.0 Å². The minimum Gasteiger partial charge on any atom is -0.378 e. The number of ether oxygens (including phenoxy) is 1. The lowest BCUT2D eigenvalue weighted by atomic mass is 9.58. The normalized spacial score (nSPS) is 26.3. The van der Waals surface area contributed by atoms with E-state index in [4.69, 9.17) is 4.74 Å². The van der Waals surface area contributed by atoms with Crippen LogP contribution in [0.3, 0.4) is 0 Å². The molecule has 3 rings (SSSR count). The molecule has 2 fully saturated rings. The lowest BCUT2D eigenvalue weighted by Crippen LogP contribution is -2.65. The first-order chi connectivity index (χ1) is 12.1. The molecule has 140 valence electrons. The van der Waals surface area contributed by atoms with Crippen LogP contribution in [-0.2, 0) is 4.74 Å². The van der Waals surface area contributed by atoms with Gasteiger partial charge in [0.25, 0.3) is 0 Å². The van der Waals surface area contributed by atoms with Gasteiger partial charge in [0, 0.05) is 31.2 Å². The van der Waals surface area contributed by atoms with Gasteiger partial charge in [-0.25, -0.2) is 14.5 Å². The predicted molar refractivity (Wildman–Crippen MR) is 95.2 cm³/mol. The van der Waals surface area contributed by atoms with Crippen molar-refractivity contribution >= 4 is 6.03 Å². The predicted octanol–water partition coefficient (Wildman–Crippen LogP) is 2.61. The molecule has 2 atom stereocenters. The van der Waals surface area contributed by atoms with E-state index >= 15 is 0 Å².